The lowest BCUT2D eigenvalue weighted by molar-refractivity contribution is 0.255. The first kappa shape index (κ1) is 16.0. The average Bonchev–Trinajstić information content (AvgIpc) is 2.96. The van der Waals surface area contributed by atoms with Gasteiger partial charge in [0.25, 0.3) is 0 Å². The molecule has 0 heterocycles. The Morgan fingerprint density at radius 3 is 2.50 bits per heavy atom. The average molecular weight is 315 g/mol. The summed E-state index contributed by atoms with van der Waals surface area (Å²) in [6, 6.07) is 7.52. The Morgan fingerprint density at radius 2 is 1.95 bits per heavy atom. The largest absolute Gasteiger partial charge is 0.416 e. The maximum Gasteiger partial charge on any atom is 0.191 e. The van der Waals surface area contributed by atoms with Crippen molar-refractivity contribution in [3.05, 3.63) is 34.9 Å². The lowest BCUT2D eigenvalue weighted by Gasteiger charge is -2.36. The molecule has 1 aliphatic carbocycles. The molecule has 4 heteroatoms. The Morgan fingerprint density at radius 1 is 1.30 bits per heavy atom. The summed E-state index contributed by atoms with van der Waals surface area (Å²) in [5.74, 6) is -0.0546. The smallest absolute Gasteiger partial charge is 0.191 e. The van der Waals surface area contributed by atoms with E-state index >= 15 is 0 Å². The van der Waals surface area contributed by atoms with Gasteiger partial charge in [0.2, 0.25) is 0 Å². The summed E-state index contributed by atoms with van der Waals surface area (Å²) >= 11 is 5.97. The number of alkyl halides is 1. The molecule has 0 aliphatic heterocycles. The minimum atomic E-state index is -1.79. The maximum absolute atomic E-state index is 14.0. The lowest BCUT2D eigenvalue weighted by Crippen LogP contribution is -2.41. The predicted octanol–water partition coefficient (Wildman–Crippen LogP) is 5.41. The van der Waals surface area contributed by atoms with Crippen molar-refractivity contribution in [2.75, 3.05) is 6.61 Å². The Balaban J connectivity index is 1.97. The van der Waals surface area contributed by atoms with Crippen LogP contribution in [0, 0.1) is 5.92 Å². The first-order chi connectivity index (χ1) is 9.13. The summed E-state index contributed by atoms with van der Waals surface area (Å²) < 4.78 is 20.2. The van der Waals surface area contributed by atoms with Gasteiger partial charge in [0.15, 0.2) is 8.32 Å². The van der Waals surface area contributed by atoms with Gasteiger partial charge in [0.05, 0.1) is 0 Å². The molecule has 1 aromatic carbocycles. The highest BCUT2D eigenvalue weighted by molar-refractivity contribution is 6.74. The highest BCUT2D eigenvalue weighted by Crippen LogP contribution is 2.51. The molecule has 1 saturated carbocycles. The van der Waals surface area contributed by atoms with E-state index in [1.165, 1.54) is 0 Å². The Hall–Kier alpha value is -0.383. The van der Waals surface area contributed by atoms with Gasteiger partial charge in [-0.05, 0) is 35.8 Å². The van der Waals surface area contributed by atoms with Gasteiger partial charge in [-0.15, -0.1) is 0 Å². The van der Waals surface area contributed by atoms with Gasteiger partial charge in [-0.1, -0.05) is 44.5 Å². The molecule has 112 valence electrons. The molecule has 0 N–H and O–H groups in total. The van der Waals surface area contributed by atoms with E-state index < -0.39 is 14.5 Å². The third-order valence-electron chi connectivity index (χ3n) is 4.75. The molecule has 1 nitrogen and oxygen atoms in total. The van der Waals surface area contributed by atoms with E-state index in [1.54, 1.807) is 0 Å². The van der Waals surface area contributed by atoms with Crippen molar-refractivity contribution >= 4 is 19.9 Å². The van der Waals surface area contributed by atoms with Crippen LogP contribution in [0.2, 0.25) is 23.2 Å². The van der Waals surface area contributed by atoms with Crippen LogP contribution in [0.15, 0.2) is 24.3 Å². The van der Waals surface area contributed by atoms with Gasteiger partial charge < -0.3 is 4.43 Å². The summed E-state index contributed by atoms with van der Waals surface area (Å²) in [6.45, 7) is 11.5. The van der Waals surface area contributed by atoms with Crippen molar-refractivity contribution in [1.29, 1.82) is 0 Å². The fourth-order valence-corrected chi connectivity index (χ4v) is 3.43. The normalized spacial score (nSPS) is 26.6. The molecule has 0 amide bonds. The second-order valence-electron chi connectivity index (χ2n) is 7.26. The van der Waals surface area contributed by atoms with E-state index in [4.69, 9.17) is 16.0 Å². The highest BCUT2D eigenvalue weighted by atomic mass is 35.5. The zero-order valence-corrected chi connectivity index (χ0v) is 14.7. The van der Waals surface area contributed by atoms with Crippen LogP contribution in [-0.2, 0) is 4.43 Å². The minimum absolute atomic E-state index is 0.0115. The van der Waals surface area contributed by atoms with E-state index in [2.05, 4.69) is 33.9 Å². The predicted molar refractivity (Wildman–Crippen MR) is 85.7 cm³/mol. The van der Waals surface area contributed by atoms with Crippen LogP contribution < -0.4 is 0 Å². The molecule has 1 unspecified atom stereocenters. The number of rotatable bonds is 4. The van der Waals surface area contributed by atoms with Crippen LogP contribution in [0.1, 0.15) is 32.3 Å². The molecule has 2 rings (SSSR count). The molecule has 0 radical (unpaired) electrons. The van der Waals surface area contributed by atoms with Crippen molar-refractivity contribution in [2.24, 2.45) is 5.92 Å². The van der Waals surface area contributed by atoms with Gasteiger partial charge in [-0.2, -0.15) is 0 Å². The lowest BCUT2D eigenvalue weighted by atomic mass is 10.1. The van der Waals surface area contributed by atoms with E-state index in [0.29, 0.717) is 11.6 Å². The molecule has 20 heavy (non-hydrogen) atoms. The SMILES string of the molecule is CC(C)(C)[Si](C)(C)OC[C@H]1C(F)[C@@H]1c1cccc(Cl)c1. The summed E-state index contributed by atoms with van der Waals surface area (Å²) in [6.07, 6.45) is -0.793. The van der Waals surface area contributed by atoms with Gasteiger partial charge in [0.1, 0.15) is 6.17 Å². The molecular formula is C16H24ClFOSi. The third-order valence-corrected chi connectivity index (χ3v) is 9.48. The second-order valence-corrected chi connectivity index (χ2v) is 12.5. The summed E-state index contributed by atoms with van der Waals surface area (Å²) in [4.78, 5) is 0. The summed E-state index contributed by atoms with van der Waals surface area (Å²) in [7, 11) is -1.79. The molecular weight excluding hydrogens is 291 g/mol. The molecule has 1 fully saturated rings. The van der Waals surface area contributed by atoms with Crippen LogP contribution in [0.3, 0.4) is 0 Å². The Kier molecular flexibility index (Phi) is 4.34. The van der Waals surface area contributed by atoms with Crippen molar-refractivity contribution < 1.29 is 8.82 Å². The van der Waals surface area contributed by atoms with Crippen LogP contribution >= 0.6 is 11.6 Å². The Labute approximate surface area is 127 Å². The molecule has 0 saturated heterocycles. The summed E-state index contributed by atoms with van der Waals surface area (Å²) in [5, 5.41) is 0.838. The van der Waals surface area contributed by atoms with Crippen molar-refractivity contribution in [1.82, 2.24) is 0 Å². The van der Waals surface area contributed by atoms with Gasteiger partial charge in [-0.3, -0.25) is 0 Å². The second kappa shape index (κ2) is 5.43. The molecule has 3 atom stereocenters. The number of hydrogen-bond acceptors (Lipinski definition) is 1. The fourth-order valence-electron chi connectivity index (χ4n) is 2.19. The number of hydrogen-bond donors (Lipinski definition) is 0. The monoisotopic (exact) mass is 314 g/mol. The first-order valence-electron chi connectivity index (χ1n) is 7.17. The van der Waals surface area contributed by atoms with Gasteiger partial charge in [-0.25, -0.2) is 4.39 Å². The zero-order valence-electron chi connectivity index (χ0n) is 12.9. The number of halogens is 2. The van der Waals surface area contributed by atoms with Crippen LogP contribution in [-0.4, -0.2) is 21.1 Å². The van der Waals surface area contributed by atoms with E-state index in [9.17, 15) is 4.39 Å². The standard InChI is InChI=1S/C16H24ClFOSi/c1-16(2,3)20(4,5)19-10-13-14(15(13)18)11-7-6-8-12(17)9-11/h6-9,13-15H,10H2,1-5H3/t13-,14-,15?/m1/s1. The van der Waals surface area contributed by atoms with Crippen molar-refractivity contribution in [3.8, 4) is 0 Å². The summed E-state index contributed by atoms with van der Waals surface area (Å²) in [5.41, 5.74) is 0.994. The fraction of sp³-hybridized carbons (Fsp3) is 0.625. The molecule has 0 spiro atoms. The van der Waals surface area contributed by atoms with Crippen LogP contribution in [0.25, 0.3) is 0 Å². The zero-order chi connectivity index (χ0) is 15.1. The molecule has 0 aromatic heterocycles. The van der Waals surface area contributed by atoms with E-state index in [0.717, 1.165) is 5.56 Å². The van der Waals surface area contributed by atoms with E-state index in [1.807, 2.05) is 24.3 Å². The molecule has 1 aliphatic rings. The quantitative estimate of drug-likeness (QED) is 0.675. The Bertz CT molecular complexity index is 484. The minimum Gasteiger partial charge on any atom is -0.416 e. The van der Waals surface area contributed by atoms with Gasteiger partial charge in [0, 0.05) is 23.5 Å². The van der Waals surface area contributed by atoms with Crippen LogP contribution in [0.5, 0.6) is 0 Å². The third kappa shape index (κ3) is 3.26. The first-order valence-corrected chi connectivity index (χ1v) is 10.5. The van der Waals surface area contributed by atoms with Crippen LogP contribution in [0.4, 0.5) is 4.39 Å². The van der Waals surface area contributed by atoms with E-state index in [-0.39, 0.29) is 16.9 Å². The van der Waals surface area contributed by atoms with Gasteiger partial charge >= 0.3 is 0 Å². The van der Waals surface area contributed by atoms with Crippen molar-refractivity contribution in [3.63, 3.8) is 0 Å². The molecule has 1 aromatic rings. The number of benzene rings is 1. The highest BCUT2D eigenvalue weighted by Gasteiger charge is 2.53. The topological polar surface area (TPSA) is 9.23 Å². The molecule has 0 bridgehead atoms. The van der Waals surface area contributed by atoms with Crippen molar-refractivity contribution in [2.45, 2.75) is 51.0 Å². The maximum atomic E-state index is 14.0.